The highest BCUT2D eigenvalue weighted by Crippen LogP contribution is 2.20. The van der Waals surface area contributed by atoms with Crippen LogP contribution in [-0.2, 0) is 6.54 Å². The summed E-state index contributed by atoms with van der Waals surface area (Å²) in [5, 5.41) is 9.27. The predicted molar refractivity (Wildman–Crippen MR) is 67.0 cm³/mol. The van der Waals surface area contributed by atoms with Crippen molar-refractivity contribution in [2.45, 2.75) is 25.9 Å². The Morgan fingerprint density at radius 1 is 1.56 bits per heavy atom. The van der Waals surface area contributed by atoms with Crippen LogP contribution >= 0.6 is 11.6 Å². The summed E-state index contributed by atoms with van der Waals surface area (Å²) in [6.45, 7) is 2.75. The molecule has 1 unspecified atom stereocenters. The van der Waals surface area contributed by atoms with Gasteiger partial charge in [0.15, 0.2) is 0 Å². The van der Waals surface area contributed by atoms with E-state index in [-0.39, 0.29) is 6.04 Å². The topological polar surface area (TPSA) is 53.0 Å². The molecule has 0 fully saturated rings. The molecular weight excluding hydrogens is 222 g/mol. The average Bonchev–Trinajstić information content (AvgIpc) is 2.22. The van der Waals surface area contributed by atoms with Crippen LogP contribution in [-0.4, -0.2) is 18.0 Å². The molecule has 0 aliphatic carbocycles. The highest BCUT2D eigenvalue weighted by molar-refractivity contribution is 6.30. The molecule has 1 aromatic rings. The third-order valence-electron chi connectivity index (χ3n) is 2.67. The van der Waals surface area contributed by atoms with E-state index in [4.69, 9.17) is 22.6 Å². The van der Waals surface area contributed by atoms with Gasteiger partial charge in [-0.15, -0.1) is 0 Å². The van der Waals surface area contributed by atoms with Crippen LogP contribution in [0.25, 0.3) is 0 Å². The maximum absolute atomic E-state index is 8.62. The molecule has 86 valence electrons. The van der Waals surface area contributed by atoms with Gasteiger partial charge in [0.25, 0.3) is 0 Å². The molecule has 0 spiro atoms. The number of nitrogens with zero attached hydrogens (tertiary/aromatic N) is 2. The molecule has 16 heavy (non-hydrogen) atoms. The lowest BCUT2D eigenvalue weighted by atomic mass is 10.1. The predicted octanol–water partition coefficient (Wildman–Crippen LogP) is 2.66. The Morgan fingerprint density at radius 3 is 2.81 bits per heavy atom. The number of nitrogens with two attached hydrogens (primary N) is 1. The maximum atomic E-state index is 8.62. The average molecular weight is 238 g/mol. The van der Waals surface area contributed by atoms with Crippen LogP contribution in [0.15, 0.2) is 18.2 Å². The molecule has 0 saturated carbocycles. The Hall–Kier alpha value is -1.24. The molecule has 0 amide bonds. The van der Waals surface area contributed by atoms with Crippen molar-refractivity contribution in [3.8, 4) is 6.07 Å². The van der Waals surface area contributed by atoms with Crippen LogP contribution in [0.1, 0.15) is 18.9 Å². The van der Waals surface area contributed by atoms with Gasteiger partial charge < -0.3 is 5.73 Å². The highest BCUT2D eigenvalue weighted by Gasteiger charge is 2.10. The van der Waals surface area contributed by atoms with E-state index < -0.39 is 0 Å². The first kappa shape index (κ1) is 12.8. The minimum atomic E-state index is 0.222. The van der Waals surface area contributed by atoms with Crippen molar-refractivity contribution in [3.05, 3.63) is 28.8 Å². The fourth-order valence-electron chi connectivity index (χ4n) is 1.42. The zero-order valence-corrected chi connectivity index (χ0v) is 10.3. The van der Waals surface area contributed by atoms with Crippen LogP contribution in [0.5, 0.6) is 0 Å². The van der Waals surface area contributed by atoms with E-state index in [1.54, 1.807) is 6.07 Å². The van der Waals surface area contributed by atoms with Gasteiger partial charge in [0.05, 0.1) is 12.5 Å². The zero-order chi connectivity index (χ0) is 12.1. The smallest absolute Gasteiger partial charge is 0.0638 e. The second-order valence-electron chi connectivity index (χ2n) is 3.97. The zero-order valence-electron chi connectivity index (χ0n) is 9.57. The first-order valence-electron chi connectivity index (χ1n) is 5.15. The second-order valence-corrected chi connectivity index (χ2v) is 4.41. The van der Waals surface area contributed by atoms with Crippen LogP contribution in [0.4, 0.5) is 5.69 Å². The molecule has 1 rings (SSSR count). The number of nitrogen functional groups attached to an aromatic ring is 1. The molecule has 2 N–H and O–H groups in total. The molecular formula is C12H16ClN3. The Kier molecular flexibility index (Phi) is 4.60. The van der Waals surface area contributed by atoms with Gasteiger partial charge in [0.2, 0.25) is 0 Å². The van der Waals surface area contributed by atoms with Crippen LogP contribution < -0.4 is 5.73 Å². The third kappa shape index (κ3) is 3.41. The number of anilines is 1. The van der Waals surface area contributed by atoms with Gasteiger partial charge in [-0.1, -0.05) is 17.7 Å². The van der Waals surface area contributed by atoms with E-state index in [1.807, 2.05) is 26.1 Å². The van der Waals surface area contributed by atoms with Crippen LogP contribution in [0, 0.1) is 11.3 Å². The molecule has 0 bridgehead atoms. The van der Waals surface area contributed by atoms with Gasteiger partial charge >= 0.3 is 0 Å². The summed E-state index contributed by atoms with van der Waals surface area (Å²) in [5.74, 6) is 0. The monoisotopic (exact) mass is 237 g/mol. The first-order chi connectivity index (χ1) is 7.54. The summed E-state index contributed by atoms with van der Waals surface area (Å²) in [7, 11) is 1.98. The molecule has 0 aliphatic rings. The SMILES string of the molecule is CC(CC#N)N(C)Cc1ccc(Cl)cc1N. The Balaban J connectivity index is 2.70. The number of halogens is 1. The fourth-order valence-corrected chi connectivity index (χ4v) is 1.60. The number of hydrogen-bond acceptors (Lipinski definition) is 3. The third-order valence-corrected chi connectivity index (χ3v) is 2.90. The van der Waals surface area contributed by atoms with Gasteiger partial charge in [-0.25, -0.2) is 0 Å². The molecule has 3 nitrogen and oxygen atoms in total. The molecule has 0 radical (unpaired) electrons. The molecule has 4 heteroatoms. The molecule has 0 aromatic heterocycles. The maximum Gasteiger partial charge on any atom is 0.0638 e. The van der Waals surface area contributed by atoms with Gasteiger partial charge in [-0.2, -0.15) is 5.26 Å². The summed E-state index contributed by atoms with van der Waals surface area (Å²) < 4.78 is 0. The van der Waals surface area contributed by atoms with Crippen molar-refractivity contribution in [2.75, 3.05) is 12.8 Å². The van der Waals surface area contributed by atoms with E-state index in [0.717, 1.165) is 12.1 Å². The summed E-state index contributed by atoms with van der Waals surface area (Å²) >= 11 is 5.83. The number of hydrogen-bond donors (Lipinski definition) is 1. The van der Waals surface area contributed by atoms with E-state index in [1.165, 1.54) is 0 Å². The standard InChI is InChI=1S/C12H16ClN3/c1-9(5-6-14)16(2)8-10-3-4-11(13)7-12(10)15/h3-4,7,9H,5,8,15H2,1-2H3. The number of benzene rings is 1. The largest absolute Gasteiger partial charge is 0.398 e. The van der Waals surface area contributed by atoms with Crippen molar-refractivity contribution in [3.63, 3.8) is 0 Å². The Bertz CT molecular complexity index is 398. The van der Waals surface area contributed by atoms with Crippen LogP contribution in [0.3, 0.4) is 0 Å². The Labute approximate surface area is 101 Å². The van der Waals surface area contributed by atoms with Crippen molar-refractivity contribution < 1.29 is 0 Å². The minimum Gasteiger partial charge on any atom is -0.398 e. The lowest BCUT2D eigenvalue weighted by Crippen LogP contribution is -2.28. The first-order valence-corrected chi connectivity index (χ1v) is 5.53. The van der Waals surface area contributed by atoms with E-state index >= 15 is 0 Å². The van der Waals surface area contributed by atoms with E-state index in [2.05, 4.69) is 11.0 Å². The lowest BCUT2D eigenvalue weighted by Gasteiger charge is -2.23. The summed E-state index contributed by atoms with van der Waals surface area (Å²) in [6.07, 6.45) is 0.518. The van der Waals surface area contributed by atoms with Gasteiger partial charge in [-0.05, 0) is 31.7 Å². The van der Waals surface area contributed by atoms with Gasteiger partial charge in [-0.3, -0.25) is 4.90 Å². The highest BCUT2D eigenvalue weighted by atomic mass is 35.5. The molecule has 1 atom stereocenters. The van der Waals surface area contributed by atoms with Gasteiger partial charge in [0, 0.05) is 23.3 Å². The minimum absolute atomic E-state index is 0.222. The number of rotatable bonds is 4. The molecule has 0 heterocycles. The molecule has 0 aliphatic heterocycles. The van der Waals surface area contributed by atoms with Gasteiger partial charge in [0.1, 0.15) is 0 Å². The quantitative estimate of drug-likeness (QED) is 0.820. The number of nitriles is 1. The van der Waals surface area contributed by atoms with Crippen molar-refractivity contribution in [1.82, 2.24) is 4.90 Å². The van der Waals surface area contributed by atoms with Crippen molar-refractivity contribution in [2.24, 2.45) is 0 Å². The van der Waals surface area contributed by atoms with E-state index in [9.17, 15) is 0 Å². The van der Waals surface area contributed by atoms with E-state index in [0.29, 0.717) is 17.1 Å². The summed E-state index contributed by atoms with van der Waals surface area (Å²) in [6, 6.07) is 7.89. The summed E-state index contributed by atoms with van der Waals surface area (Å²) in [4.78, 5) is 2.10. The lowest BCUT2D eigenvalue weighted by molar-refractivity contribution is 0.253. The van der Waals surface area contributed by atoms with Crippen LogP contribution in [0.2, 0.25) is 5.02 Å². The Morgan fingerprint density at radius 2 is 2.25 bits per heavy atom. The fraction of sp³-hybridized carbons (Fsp3) is 0.417. The normalized spacial score (nSPS) is 12.4. The van der Waals surface area contributed by atoms with Crippen molar-refractivity contribution in [1.29, 1.82) is 5.26 Å². The molecule has 0 saturated heterocycles. The summed E-state index contributed by atoms with van der Waals surface area (Å²) in [5.41, 5.74) is 7.60. The molecule has 1 aromatic carbocycles. The van der Waals surface area contributed by atoms with Crippen molar-refractivity contribution >= 4 is 17.3 Å². The second kappa shape index (κ2) is 5.74.